The Balaban J connectivity index is 1.30. The van der Waals surface area contributed by atoms with Crippen LogP contribution in [-0.2, 0) is 57.0 Å². The number of methoxy groups -OCH3 is 4. The summed E-state index contributed by atoms with van der Waals surface area (Å²) in [5.74, 6) is -3.42. The number of carbonyl (C=O) groups excluding carboxylic acids is 2. The van der Waals surface area contributed by atoms with Crippen molar-refractivity contribution in [2.45, 2.75) is 333 Å². The molecule has 6 N–H and O–H groups in total. The minimum Gasteiger partial charge on any atom is -0.459 e. The Bertz CT molecular complexity index is 2180. The fraction of sp³-hybridized carbons (Fsp3) is 0.816. The van der Waals surface area contributed by atoms with Crippen LogP contribution in [0.15, 0.2) is 71.9 Å². The summed E-state index contributed by atoms with van der Waals surface area (Å²) in [6, 6.07) is 0. The fourth-order valence-electron chi connectivity index (χ4n) is 14.7. The third kappa shape index (κ3) is 28.6. The van der Waals surface area contributed by atoms with Gasteiger partial charge < -0.3 is 78.0 Å². The van der Waals surface area contributed by atoms with Crippen molar-refractivity contribution < 1.29 is 87.6 Å². The van der Waals surface area contributed by atoms with Gasteiger partial charge in [-0.1, -0.05) is 101 Å². The van der Waals surface area contributed by atoms with Crippen LogP contribution in [0.5, 0.6) is 0 Å². The Morgan fingerprint density at radius 3 is 1.24 bits per heavy atom. The summed E-state index contributed by atoms with van der Waals surface area (Å²) >= 11 is 0. The van der Waals surface area contributed by atoms with Crippen LogP contribution >= 0.6 is 0 Å². The van der Waals surface area contributed by atoms with Gasteiger partial charge in [0.05, 0.1) is 110 Å². The second kappa shape index (κ2) is 42.7. The number of hydrogen-bond donors (Lipinski definition) is 6. The van der Waals surface area contributed by atoms with Crippen molar-refractivity contribution in [3.05, 3.63) is 71.9 Å². The Morgan fingerprint density at radius 1 is 0.500 bits per heavy atom. The number of ether oxygens (including phenoxy) is 10. The average Bonchev–Trinajstić information content (AvgIpc) is 1.09. The highest BCUT2D eigenvalue weighted by molar-refractivity contribution is 5.83. The van der Waals surface area contributed by atoms with Gasteiger partial charge in [0, 0.05) is 89.9 Å². The molecule has 0 amide bonds. The number of esters is 2. The normalized spacial score (nSPS) is 39.1. The van der Waals surface area contributed by atoms with Gasteiger partial charge in [-0.05, 0) is 155 Å². The highest BCUT2D eigenvalue weighted by Crippen LogP contribution is 2.35. The lowest BCUT2D eigenvalue weighted by atomic mass is 9.83. The highest BCUT2D eigenvalue weighted by Gasteiger charge is 2.39. The van der Waals surface area contributed by atoms with Gasteiger partial charge in [0.15, 0.2) is 0 Å². The van der Waals surface area contributed by atoms with E-state index in [1.807, 2.05) is 55.4 Å². The second-order valence-electron chi connectivity index (χ2n) is 29.0. The van der Waals surface area contributed by atoms with Gasteiger partial charge in [-0.3, -0.25) is 0 Å². The molecule has 4 bridgehead atoms. The predicted octanol–water partition coefficient (Wildman–Crippen LogP) is 11.7. The molecule has 5 rings (SSSR count). The third-order valence-electron chi connectivity index (χ3n) is 21.1. The largest absolute Gasteiger partial charge is 0.459 e. The maximum Gasteiger partial charge on any atom is 0.331 e. The van der Waals surface area contributed by atoms with E-state index in [0.717, 1.165) is 88.2 Å². The first-order valence-corrected chi connectivity index (χ1v) is 36.0. The van der Waals surface area contributed by atoms with Crippen molar-refractivity contribution in [2.75, 3.05) is 28.4 Å². The zero-order valence-electron chi connectivity index (χ0n) is 59.9. The number of fused-ring (bicyclic) bond motifs is 4. The van der Waals surface area contributed by atoms with E-state index in [4.69, 9.17) is 47.4 Å². The topological polar surface area (TPSA) is 248 Å². The Hall–Kier alpha value is -3.18. The van der Waals surface area contributed by atoms with E-state index >= 15 is 0 Å². The van der Waals surface area contributed by atoms with Crippen LogP contribution in [0.25, 0.3) is 0 Å². The van der Waals surface area contributed by atoms with E-state index in [-0.39, 0.29) is 123 Å². The van der Waals surface area contributed by atoms with Crippen molar-refractivity contribution in [3.8, 4) is 0 Å². The molecule has 2 fully saturated rings. The van der Waals surface area contributed by atoms with Crippen molar-refractivity contribution in [1.82, 2.24) is 0 Å². The minimum atomic E-state index is -1.07. The molecule has 0 aromatic rings. The lowest BCUT2D eigenvalue weighted by Crippen LogP contribution is -2.41. The van der Waals surface area contributed by atoms with Crippen molar-refractivity contribution in [3.63, 3.8) is 0 Å². The van der Waals surface area contributed by atoms with Gasteiger partial charge in [0.2, 0.25) is 0 Å². The lowest BCUT2D eigenvalue weighted by molar-refractivity contribution is -0.152. The molecule has 0 saturated carbocycles. The number of cyclic esters (lactones) is 2. The van der Waals surface area contributed by atoms with Crippen molar-refractivity contribution in [2.24, 2.45) is 35.5 Å². The molecular weight excluding hydrogens is 1200 g/mol. The summed E-state index contributed by atoms with van der Waals surface area (Å²) in [5, 5.41) is 70.7. The van der Waals surface area contributed by atoms with E-state index in [9.17, 15) is 40.2 Å². The van der Waals surface area contributed by atoms with Gasteiger partial charge >= 0.3 is 11.9 Å². The Labute approximate surface area is 565 Å². The van der Waals surface area contributed by atoms with Gasteiger partial charge in [-0.25, -0.2) is 9.59 Å². The van der Waals surface area contributed by atoms with E-state index in [1.54, 1.807) is 40.6 Å². The Kier molecular flexibility index (Phi) is 37.0. The first-order valence-electron chi connectivity index (χ1n) is 36.0. The molecule has 0 spiro atoms. The maximum absolute atomic E-state index is 13.7. The molecule has 0 aliphatic carbocycles. The van der Waals surface area contributed by atoms with Crippen LogP contribution in [-0.4, -0.2) is 193 Å². The molecule has 5 aliphatic rings. The number of hydrogen-bond acceptors (Lipinski definition) is 18. The molecule has 5 aliphatic heterocycles. The summed E-state index contributed by atoms with van der Waals surface area (Å²) in [7, 11) is 6.71. The van der Waals surface area contributed by atoms with Crippen LogP contribution in [0.4, 0.5) is 0 Å². The van der Waals surface area contributed by atoms with Crippen LogP contribution < -0.4 is 0 Å². The van der Waals surface area contributed by atoms with Gasteiger partial charge in [-0.2, -0.15) is 0 Å². The number of carbonyl (C=O) groups is 2. The zero-order valence-corrected chi connectivity index (χ0v) is 59.9. The van der Waals surface area contributed by atoms with Crippen LogP contribution in [0.1, 0.15) is 210 Å². The molecule has 5 heterocycles. The van der Waals surface area contributed by atoms with E-state index in [1.165, 1.54) is 12.2 Å². The van der Waals surface area contributed by atoms with Crippen molar-refractivity contribution in [1.29, 1.82) is 0 Å². The summed E-state index contributed by atoms with van der Waals surface area (Å²) in [6.45, 7) is 19.5. The number of allylic oxidation sites excluding steroid dienone is 6. The monoisotopic (exact) mass is 1330 g/mol. The molecule has 2 saturated heterocycles. The van der Waals surface area contributed by atoms with Crippen LogP contribution in [0.2, 0.25) is 0 Å². The molecule has 18 heteroatoms. The fourth-order valence-corrected chi connectivity index (χ4v) is 14.7. The molecule has 540 valence electrons. The van der Waals surface area contributed by atoms with E-state index in [2.05, 4.69) is 50.3 Å². The van der Waals surface area contributed by atoms with E-state index < -0.39 is 72.6 Å². The zero-order chi connectivity index (χ0) is 69.0. The highest BCUT2D eigenvalue weighted by atomic mass is 16.6. The molecule has 0 aromatic carbocycles. The predicted molar refractivity (Wildman–Crippen MR) is 366 cm³/mol. The molecular formula is C76H128O18. The van der Waals surface area contributed by atoms with Crippen LogP contribution in [0, 0.1) is 35.5 Å². The van der Waals surface area contributed by atoms with Gasteiger partial charge in [0.25, 0.3) is 0 Å². The number of aliphatic hydroxyl groups excluding tert-OH is 6. The lowest BCUT2D eigenvalue weighted by Gasteiger charge is -2.36. The first-order chi connectivity index (χ1) is 44.8. The van der Waals surface area contributed by atoms with Gasteiger partial charge in [0.1, 0.15) is 12.2 Å². The average molecular weight is 1330 g/mol. The number of rotatable bonds is 16. The third-order valence-corrected chi connectivity index (χ3v) is 21.1. The summed E-state index contributed by atoms with van der Waals surface area (Å²) < 4.78 is 61.3. The quantitative estimate of drug-likeness (QED) is 0.0621. The molecule has 26 atom stereocenters. The maximum atomic E-state index is 13.7. The summed E-state index contributed by atoms with van der Waals surface area (Å²) in [6.07, 6.45) is 23.4. The molecule has 0 radical (unpaired) electrons. The smallest absolute Gasteiger partial charge is 0.331 e. The molecule has 18 nitrogen and oxygen atoms in total. The molecule has 0 aromatic heterocycles. The Morgan fingerprint density at radius 2 is 0.883 bits per heavy atom. The SMILES string of the molecule is CO[C@H]1C[C@H](CC[C@H](C)[C@H](O)[C@H](C)[C@@H]2C[C@H](O)C[C@H](O)[C@H](C)[C@@H](OC)C[C@@H]3CC=C[C@@H](CCC/C=C(C)\C=C/C(=O)O[C@H]([C@@H](C)[C@@H](O)[C@@H](C)CC[C@H]4C[C@H](OC)C[C@H](C)O4)C[C@H](O)C[C@H](O)[C@H](C)[C@@H](OC)C[C@@H]4CC=C[C@@H](CCC/C=C(C)\C=C/C(=O)O2)O4)O3)O[C@@H](C)C1. The second-order valence-corrected chi connectivity index (χ2v) is 29.0. The minimum absolute atomic E-state index is 0.000510. The molecule has 0 unspecified atom stereocenters. The summed E-state index contributed by atoms with van der Waals surface area (Å²) in [4.78, 5) is 27.5. The van der Waals surface area contributed by atoms with Crippen molar-refractivity contribution >= 4 is 11.9 Å². The van der Waals surface area contributed by atoms with Crippen LogP contribution in [0.3, 0.4) is 0 Å². The summed E-state index contributed by atoms with van der Waals surface area (Å²) in [5.41, 5.74) is 1.74. The van der Waals surface area contributed by atoms with E-state index in [0.29, 0.717) is 38.5 Å². The molecule has 94 heavy (non-hydrogen) atoms. The standard InChI is InChI=1S/C76H128O18/c1-47-21-15-17-23-59-25-19-27-61(91-59)45-69(87-13)54(8)68(80)40-58(78)42-72(56(10)76(84)50(4)32-34-64-44-66(86-12)38-52(6)90-64)94-74(82)36-30-48(2)22-16-18-24-60-26-20-28-62(92-60)46-70(88-14)53(7)67(79)39-57(77)41-71(93-73(81)35-29-47)55(9)75(83)49(3)31-33-63-43-65(85-11)37-51(5)89-63/h19-22,25-26,29-30,35-36,49-72,75-80,83-84H,15-18,23-24,27-28,31-34,37-46H2,1-14H3/b35-29-,36-30-,47-21-,48-22-/t49-,50-,51-,52-,53-,54-,55+,56+,57+,58+,59+,60+,61-,62-,63-,64-,65+,66+,67-,68-,69-,70-,71-,72-,75-,76-/m0/s1. The number of aliphatic hydroxyl groups is 6. The first kappa shape index (κ1) is 81.5. The van der Waals surface area contributed by atoms with Gasteiger partial charge in [-0.15, -0.1) is 0 Å².